The second kappa shape index (κ2) is 7.36. The number of carbonyl (C=O) groups excluding carboxylic acids is 1. The summed E-state index contributed by atoms with van der Waals surface area (Å²) in [6, 6.07) is 5.90. The van der Waals surface area contributed by atoms with Gasteiger partial charge in [0.15, 0.2) is 0 Å². The summed E-state index contributed by atoms with van der Waals surface area (Å²) in [5, 5.41) is 2.38. The summed E-state index contributed by atoms with van der Waals surface area (Å²) < 4.78 is 6.38. The monoisotopic (exact) mass is 387 g/mol. The van der Waals surface area contributed by atoms with Gasteiger partial charge in [0.2, 0.25) is 5.91 Å². The molecule has 2 fully saturated rings. The third kappa shape index (κ3) is 3.86. The second-order valence-electron chi connectivity index (χ2n) is 7.21. The lowest BCUT2D eigenvalue weighted by Gasteiger charge is -2.25. The average molecular weight is 388 g/mol. The fourth-order valence-electron chi connectivity index (χ4n) is 3.52. The lowest BCUT2D eigenvalue weighted by atomic mass is 10.2. The molecular formula is C19H25N5O2S. The highest BCUT2D eigenvalue weighted by Gasteiger charge is 2.32. The summed E-state index contributed by atoms with van der Waals surface area (Å²) in [5.41, 5.74) is 7.67. The zero-order chi connectivity index (χ0) is 19.0. The maximum absolute atomic E-state index is 12.8. The van der Waals surface area contributed by atoms with E-state index in [1.807, 2.05) is 23.1 Å². The molecule has 1 aromatic carbocycles. The van der Waals surface area contributed by atoms with Crippen LogP contribution in [0.3, 0.4) is 0 Å². The van der Waals surface area contributed by atoms with E-state index in [1.165, 1.54) is 5.01 Å². The molecule has 7 nitrogen and oxygen atoms in total. The van der Waals surface area contributed by atoms with Crippen molar-refractivity contribution in [2.45, 2.75) is 31.7 Å². The number of likely N-dealkylation sites (tertiary alicyclic amines) is 1. The number of benzene rings is 1. The van der Waals surface area contributed by atoms with E-state index in [-0.39, 0.29) is 18.5 Å². The molecule has 1 atom stereocenters. The Morgan fingerprint density at radius 2 is 2.26 bits per heavy atom. The highest BCUT2D eigenvalue weighted by molar-refractivity contribution is 7.18. The third-order valence-corrected chi connectivity index (χ3v) is 6.29. The van der Waals surface area contributed by atoms with E-state index in [0.717, 1.165) is 58.9 Å². The Bertz CT molecular complexity index is 876. The lowest BCUT2D eigenvalue weighted by molar-refractivity contribution is -0.132. The Balaban J connectivity index is 1.48. The quantitative estimate of drug-likeness (QED) is 0.583. The van der Waals surface area contributed by atoms with Gasteiger partial charge in [-0.2, -0.15) is 0 Å². The van der Waals surface area contributed by atoms with E-state index in [9.17, 15) is 4.79 Å². The van der Waals surface area contributed by atoms with E-state index >= 15 is 0 Å². The number of rotatable bonds is 6. The third-order valence-electron chi connectivity index (χ3n) is 5.15. The topological polar surface area (TPSA) is 97.7 Å². The smallest absolute Gasteiger partial charge is 0.244 e. The maximum Gasteiger partial charge on any atom is 0.244 e. The van der Waals surface area contributed by atoms with Crippen molar-refractivity contribution in [1.29, 1.82) is 0 Å². The van der Waals surface area contributed by atoms with Crippen LogP contribution in [0, 0.1) is 5.92 Å². The molecule has 4 N–H and O–H groups in total. The molecule has 1 saturated carbocycles. The number of fused-ring (bicyclic) bond motifs is 1. The van der Waals surface area contributed by atoms with Crippen molar-refractivity contribution in [3.8, 4) is 5.75 Å². The van der Waals surface area contributed by atoms with Gasteiger partial charge in [-0.3, -0.25) is 4.79 Å². The number of hydrazine groups is 1. The van der Waals surface area contributed by atoms with Crippen LogP contribution in [-0.2, 0) is 4.79 Å². The minimum absolute atomic E-state index is 0.0108. The summed E-state index contributed by atoms with van der Waals surface area (Å²) in [5.74, 6) is 7.22. The first-order chi connectivity index (χ1) is 13.0. The van der Waals surface area contributed by atoms with Crippen LogP contribution in [0.4, 0.5) is 0 Å². The molecule has 144 valence electrons. The second-order valence-corrected chi connectivity index (χ2v) is 8.27. The highest BCUT2D eigenvalue weighted by atomic mass is 32.1. The largest absolute Gasteiger partial charge is 0.497 e. The number of allylic oxidation sites excluding steroid dienone is 1. The molecule has 2 aliphatic rings. The van der Waals surface area contributed by atoms with Crippen LogP contribution in [0.1, 0.15) is 36.7 Å². The first kappa shape index (κ1) is 18.1. The van der Waals surface area contributed by atoms with Gasteiger partial charge >= 0.3 is 0 Å². The van der Waals surface area contributed by atoms with E-state index in [2.05, 4.69) is 0 Å². The predicted molar refractivity (Wildman–Crippen MR) is 106 cm³/mol. The standard InChI is InChI=1S/C19H25N5O2S/c1-26-13-6-7-17-15(9-13)22-19(27-17)16-3-2-8-24(16)18(25)11-23(21)10-14(20)12-4-5-12/h6-7,9-10,12,16H,2-5,8,11,20-21H2,1H3/b14-10-. The Morgan fingerprint density at radius 3 is 3.00 bits per heavy atom. The zero-order valence-electron chi connectivity index (χ0n) is 15.4. The number of nitrogens with zero attached hydrogens (tertiary/aromatic N) is 3. The molecule has 1 saturated heterocycles. The van der Waals surface area contributed by atoms with Gasteiger partial charge < -0.3 is 20.4 Å². The van der Waals surface area contributed by atoms with Crippen molar-refractivity contribution in [2.24, 2.45) is 17.5 Å². The van der Waals surface area contributed by atoms with Gasteiger partial charge in [0.1, 0.15) is 17.3 Å². The SMILES string of the molecule is COc1ccc2sc(C3CCCN3C(=O)CN(N)/C=C(\N)C3CC3)nc2c1. The number of amides is 1. The predicted octanol–water partition coefficient (Wildman–Crippen LogP) is 2.35. The molecule has 4 rings (SSSR count). The van der Waals surface area contributed by atoms with Crippen LogP contribution in [0.25, 0.3) is 10.2 Å². The number of hydrogen-bond donors (Lipinski definition) is 2. The highest BCUT2D eigenvalue weighted by Crippen LogP contribution is 2.37. The molecule has 2 heterocycles. The minimum atomic E-state index is 0.0108. The zero-order valence-corrected chi connectivity index (χ0v) is 16.2. The van der Waals surface area contributed by atoms with Gasteiger partial charge in [-0.1, -0.05) is 0 Å². The molecule has 1 amide bonds. The van der Waals surface area contributed by atoms with E-state index in [0.29, 0.717) is 5.92 Å². The molecule has 8 heteroatoms. The average Bonchev–Trinajstić information content (AvgIpc) is 3.24. The normalized spacial score (nSPS) is 20.3. The van der Waals surface area contributed by atoms with Gasteiger partial charge in [0.05, 0.1) is 23.4 Å². The molecular weight excluding hydrogens is 362 g/mol. The Hall–Kier alpha value is -2.32. The summed E-state index contributed by atoms with van der Waals surface area (Å²) in [7, 11) is 1.65. The summed E-state index contributed by atoms with van der Waals surface area (Å²) in [6.45, 7) is 0.862. The maximum atomic E-state index is 12.8. The van der Waals surface area contributed by atoms with Crippen LogP contribution in [0.2, 0.25) is 0 Å². The van der Waals surface area contributed by atoms with Gasteiger partial charge in [0.25, 0.3) is 0 Å². The fourth-order valence-corrected chi connectivity index (χ4v) is 4.62. The summed E-state index contributed by atoms with van der Waals surface area (Å²) in [6.07, 6.45) is 5.82. The fraction of sp³-hybridized carbons (Fsp3) is 0.474. The number of nitrogens with two attached hydrogens (primary N) is 2. The van der Waals surface area contributed by atoms with Gasteiger partial charge in [-0.25, -0.2) is 10.8 Å². The Morgan fingerprint density at radius 1 is 1.44 bits per heavy atom. The van der Waals surface area contributed by atoms with E-state index < -0.39 is 0 Å². The number of hydrogen-bond acceptors (Lipinski definition) is 7. The number of aromatic nitrogens is 1. The van der Waals surface area contributed by atoms with Crippen molar-refractivity contribution >= 4 is 27.5 Å². The lowest BCUT2D eigenvalue weighted by Crippen LogP contribution is -2.41. The van der Waals surface area contributed by atoms with E-state index in [1.54, 1.807) is 24.6 Å². The molecule has 1 aromatic heterocycles. The number of methoxy groups -OCH3 is 1. The number of ether oxygens (including phenoxy) is 1. The molecule has 1 unspecified atom stereocenters. The van der Waals surface area contributed by atoms with Crippen LogP contribution < -0.4 is 16.3 Å². The van der Waals surface area contributed by atoms with Crippen LogP contribution >= 0.6 is 11.3 Å². The summed E-state index contributed by atoms with van der Waals surface area (Å²) in [4.78, 5) is 19.5. The molecule has 0 radical (unpaired) electrons. The minimum Gasteiger partial charge on any atom is -0.497 e. The van der Waals surface area contributed by atoms with Crippen molar-refractivity contribution in [1.82, 2.24) is 14.9 Å². The Kier molecular flexibility index (Phi) is 4.92. The van der Waals surface area contributed by atoms with Crippen molar-refractivity contribution in [3.63, 3.8) is 0 Å². The summed E-state index contributed by atoms with van der Waals surface area (Å²) >= 11 is 1.64. The molecule has 1 aliphatic heterocycles. The van der Waals surface area contributed by atoms with Crippen LogP contribution in [-0.4, -0.2) is 41.0 Å². The van der Waals surface area contributed by atoms with Gasteiger partial charge in [-0.15, -0.1) is 11.3 Å². The van der Waals surface area contributed by atoms with Crippen molar-refractivity contribution < 1.29 is 9.53 Å². The Labute approximate surface area is 162 Å². The van der Waals surface area contributed by atoms with E-state index in [4.69, 9.17) is 21.3 Å². The number of carbonyl (C=O) groups is 1. The molecule has 0 bridgehead atoms. The molecule has 0 spiro atoms. The number of thiazole rings is 1. The van der Waals surface area contributed by atoms with Crippen LogP contribution in [0.15, 0.2) is 30.1 Å². The molecule has 1 aliphatic carbocycles. The van der Waals surface area contributed by atoms with Gasteiger partial charge in [-0.05, 0) is 37.8 Å². The molecule has 2 aromatic rings. The van der Waals surface area contributed by atoms with Crippen LogP contribution in [0.5, 0.6) is 5.75 Å². The van der Waals surface area contributed by atoms with Gasteiger partial charge in [0, 0.05) is 30.4 Å². The van der Waals surface area contributed by atoms with Crippen molar-refractivity contribution in [2.75, 3.05) is 20.2 Å². The first-order valence-corrected chi connectivity index (χ1v) is 10.1. The molecule has 27 heavy (non-hydrogen) atoms. The first-order valence-electron chi connectivity index (χ1n) is 9.27. The van der Waals surface area contributed by atoms with Crippen molar-refractivity contribution in [3.05, 3.63) is 35.1 Å².